The van der Waals surface area contributed by atoms with E-state index in [9.17, 15) is 4.39 Å². The van der Waals surface area contributed by atoms with Crippen molar-refractivity contribution in [1.82, 2.24) is 14.9 Å². The molecule has 4 nitrogen and oxygen atoms in total. The first-order valence-electron chi connectivity index (χ1n) is 7.12. The molecule has 20 heavy (non-hydrogen) atoms. The van der Waals surface area contributed by atoms with Gasteiger partial charge in [-0.3, -0.25) is 0 Å². The summed E-state index contributed by atoms with van der Waals surface area (Å²) in [5.41, 5.74) is 1.72. The second-order valence-electron chi connectivity index (χ2n) is 5.55. The Labute approximate surface area is 117 Å². The van der Waals surface area contributed by atoms with Gasteiger partial charge in [-0.2, -0.15) is 0 Å². The lowest BCUT2D eigenvalue weighted by Gasteiger charge is -2.24. The van der Waals surface area contributed by atoms with Gasteiger partial charge in [-0.15, -0.1) is 0 Å². The van der Waals surface area contributed by atoms with Crippen molar-refractivity contribution in [3.8, 4) is 0 Å². The van der Waals surface area contributed by atoms with Gasteiger partial charge in [0.15, 0.2) is 0 Å². The van der Waals surface area contributed by atoms with Crippen molar-refractivity contribution in [2.24, 2.45) is 0 Å². The number of halogens is 1. The number of hydrogen-bond acceptors (Lipinski definition) is 3. The van der Waals surface area contributed by atoms with E-state index < -0.39 is 0 Å². The minimum atomic E-state index is -0.239. The van der Waals surface area contributed by atoms with Crippen molar-refractivity contribution in [2.45, 2.75) is 32.4 Å². The van der Waals surface area contributed by atoms with Crippen LogP contribution < -0.4 is 5.32 Å². The summed E-state index contributed by atoms with van der Waals surface area (Å²) in [6, 6.07) is 5.39. The van der Waals surface area contributed by atoms with Crippen molar-refractivity contribution >= 4 is 11.0 Å². The van der Waals surface area contributed by atoms with Crippen molar-refractivity contribution in [3.63, 3.8) is 0 Å². The van der Waals surface area contributed by atoms with Gasteiger partial charge >= 0.3 is 0 Å². The Balaban J connectivity index is 1.97. The van der Waals surface area contributed by atoms with Crippen LogP contribution in [0.2, 0.25) is 0 Å². The number of nitrogens with one attached hydrogen (secondary N) is 1. The van der Waals surface area contributed by atoms with E-state index >= 15 is 0 Å². The molecule has 1 aliphatic rings. The number of imidazole rings is 1. The zero-order valence-electron chi connectivity index (χ0n) is 11.9. The summed E-state index contributed by atoms with van der Waals surface area (Å²) in [5, 5.41) is 3.44. The summed E-state index contributed by atoms with van der Waals surface area (Å²) >= 11 is 0. The molecule has 1 fully saturated rings. The summed E-state index contributed by atoms with van der Waals surface area (Å²) in [6.45, 7) is 6.59. The fraction of sp³-hybridized carbons (Fsp3) is 0.533. The zero-order valence-corrected chi connectivity index (χ0v) is 11.9. The third kappa shape index (κ3) is 2.55. The predicted molar refractivity (Wildman–Crippen MR) is 76.4 cm³/mol. The maximum atomic E-state index is 13.4. The second-order valence-corrected chi connectivity index (χ2v) is 5.55. The molecule has 1 unspecified atom stereocenters. The molecule has 0 amide bonds. The van der Waals surface area contributed by atoms with Crippen molar-refractivity contribution < 1.29 is 9.13 Å². The average molecular weight is 277 g/mol. The Hall–Kier alpha value is -1.46. The molecular formula is C15H20FN3O. The van der Waals surface area contributed by atoms with E-state index in [0.29, 0.717) is 12.6 Å². The molecule has 2 heterocycles. The quantitative estimate of drug-likeness (QED) is 0.935. The van der Waals surface area contributed by atoms with E-state index in [1.165, 1.54) is 12.1 Å². The molecule has 108 valence electrons. The summed E-state index contributed by atoms with van der Waals surface area (Å²) < 4.78 is 21.0. The average Bonchev–Trinajstić information content (AvgIpc) is 2.76. The number of benzene rings is 1. The lowest BCUT2D eigenvalue weighted by molar-refractivity contribution is 0.0761. The molecule has 2 aromatic rings. The van der Waals surface area contributed by atoms with Crippen LogP contribution in [0.15, 0.2) is 18.2 Å². The monoisotopic (exact) mass is 277 g/mol. The molecule has 1 N–H and O–H groups in total. The first-order chi connectivity index (χ1) is 9.65. The van der Waals surface area contributed by atoms with Crippen molar-refractivity contribution in [2.75, 3.05) is 19.8 Å². The van der Waals surface area contributed by atoms with Crippen LogP contribution >= 0.6 is 0 Å². The Morgan fingerprint density at radius 2 is 2.35 bits per heavy atom. The van der Waals surface area contributed by atoms with E-state index in [2.05, 4.69) is 28.7 Å². The lowest BCUT2D eigenvalue weighted by Crippen LogP contribution is -2.43. The number of fused-ring (bicyclic) bond motifs is 1. The molecule has 1 aromatic heterocycles. The number of aromatic nitrogens is 2. The van der Waals surface area contributed by atoms with Gasteiger partial charge in [-0.05, 0) is 26.0 Å². The van der Waals surface area contributed by atoms with Gasteiger partial charge in [0.1, 0.15) is 11.6 Å². The molecule has 0 aliphatic carbocycles. The van der Waals surface area contributed by atoms with Crippen LogP contribution in [0.3, 0.4) is 0 Å². The Morgan fingerprint density at radius 1 is 1.50 bits per heavy atom. The van der Waals surface area contributed by atoms with Gasteiger partial charge in [-0.1, -0.05) is 0 Å². The van der Waals surface area contributed by atoms with Crippen LogP contribution in [0.1, 0.15) is 25.7 Å². The van der Waals surface area contributed by atoms with E-state index in [0.717, 1.165) is 36.4 Å². The van der Waals surface area contributed by atoms with Crippen molar-refractivity contribution in [3.05, 3.63) is 29.8 Å². The zero-order chi connectivity index (χ0) is 14.1. The molecule has 1 aliphatic heterocycles. The van der Waals surface area contributed by atoms with Crippen LogP contribution in [0.25, 0.3) is 11.0 Å². The number of nitrogens with zero attached hydrogens (tertiary/aromatic N) is 2. The maximum absolute atomic E-state index is 13.4. The summed E-state index contributed by atoms with van der Waals surface area (Å²) in [7, 11) is 0. The van der Waals surface area contributed by atoms with Gasteiger partial charge < -0.3 is 14.6 Å². The molecule has 0 radical (unpaired) electrons. The van der Waals surface area contributed by atoms with E-state index in [-0.39, 0.29) is 11.9 Å². The normalized spacial score (nSPS) is 19.9. The Bertz CT molecular complexity index is 602. The number of morpholine rings is 1. The third-order valence-electron chi connectivity index (χ3n) is 3.67. The minimum Gasteiger partial charge on any atom is -0.379 e. The molecular weight excluding hydrogens is 257 g/mol. The lowest BCUT2D eigenvalue weighted by atomic mass is 10.2. The molecule has 1 aromatic carbocycles. The Kier molecular flexibility index (Phi) is 3.72. The first-order valence-corrected chi connectivity index (χ1v) is 7.12. The van der Waals surface area contributed by atoms with Gasteiger partial charge in [0.2, 0.25) is 0 Å². The standard InChI is InChI=1S/C15H20FN3O/c1-10(2)19-14-4-3-11(16)7-13(14)18-15(19)8-12-9-20-6-5-17-12/h3-4,7,10,12,17H,5-6,8-9H2,1-2H3. The van der Waals surface area contributed by atoms with Gasteiger partial charge in [0.05, 0.1) is 24.2 Å². The van der Waals surface area contributed by atoms with Crippen LogP contribution in [-0.4, -0.2) is 35.4 Å². The number of rotatable bonds is 3. The molecule has 0 saturated carbocycles. The molecule has 1 atom stereocenters. The number of ether oxygens (including phenoxy) is 1. The largest absolute Gasteiger partial charge is 0.379 e. The van der Waals surface area contributed by atoms with Crippen LogP contribution in [0, 0.1) is 5.82 Å². The minimum absolute atomic E-state index is 0.239. The summed E-state index contributed by atoms with van der Waals surface area (Å²) in [6.07, 6.45) is 0.800. The van der Waals surface area contributed by atoms with E-state index in [1.54, 1.807) is 0 Å². The molecule has 3 rings (SSSR count). The highest BCUT2D eigenvalue weighted by atomic mass is 19.1. The SMILES string of the molecule is CC(C)n1c(CC2COCCN2)nc2cc(F)ccc21. The van der Waals surface area contributed by atoms with Crippen LogP contribution in [0.5, 0.6) is 0 Å². The fourth-order valence-corrected chi connectivity index (χ4v) is 2.81. The van der Waals surface area contributed by atoms with Gasteiger partial charge in [0.25, 0.3) is 0 Å². The summed E-state index contributed by atoms with van der Waals surface area (Å²) in [5.74, 6) is 0.750. The molecule has 0 bridgehead atoms. The Morgan fingerprint density at radius 3 is 3.05 bits per heavy atom. The van der Waals surface area contributed by atoms with Crippen LogP contribution in [0.4, 0.5) is 4.39 Å². The molecule has 0 spiro atoms. The highest BCUT2D eigenvalue weighted by molar-refractivity contribution is 5.76. The molecule has 1 saturated heterocycles. The highest BCUT2D eigenvalue weighted by Crippen LogP contribution is 2.23. The maximum Gasteiger partial charge on any atom is 0.125 e. The fourth-order valence-electron chi connectivity index (χ4n) is 2.81. The van der Waals surface area contributed by atoms with Gasteiger partial charge in [0, 0.05) is 31.1 Å². The number of hydrogen-bond donors (Lipinski definition) is 1. The van der Waals surface area contributed by atoms with Gasteiger partial charge in [-0.25, -0.2) is 9.37 Å². The van der Waals surface area contributed by atoms with Crippen molar-refractivity contribution in [1.29, 1.82) is 0 Å². The third-order valence-corrected chi connectivity index (χ3v) is 3.67. The van der Waals surface area contributed by atoms with E-state index in [1.807, 2.05) is 6.07 Å². The highest BCUT2D eigenvalue weighted by Gasteiger charge is 2.19. The van der Waals surface area contributed by atoms with E-state index in [4.69, 9.17) is 4.74 Å². The predicted octanol–water partition coefficient (Wildman–Crippen LogP) is 2.29. The topological polar surface area (TPSA) is 39.1 Å². The molecule has 5 heteroatoms. The second kappa shape index (κ2) is 5.50. The summed E-state index contributed by atoms with van der Waals surface area (Å²) in [4.78, 5) is 4.62. The first kappa shape index (κ1) is 13.5. The van der Waals surface area contributed by atoms with Crippen LogP contribution in [-0.2, 0) is 11.2 Å². The smallest absolute Gasteiger partial charge is 0.125 e.